The molecule has 14 heavy (non-hydrogen) atoms. The van der Waals surface area contributed by atoms with Crippen LogP contribution in [0, 0.1) is 5.82 Å². The lowest BCUT2D eigenvalue weighted by Gasteiger charge is -2.02. The van der Waals surface area contributed by atoms with E-state index in [1.165, 1.54) is 18.5 Å². The van der Waals surface area contributed by atoms with Crippen molar-refractivity contribution in [1.29, 1.82) is 0 Å². The summed E-state index contributed by atoms with van der Waals surface area (Å²) in [5, 5.41) is 0. The van der Waals surface area contributed by atoms with Crippen LogP contribution in [0.1, 0.15) is 5.76 Å². The van der Waals surface area contributed by atoms with E-state index in [1.807, 2.05) is 0 Å². The predicted octanol–water partition coefficient (Wildman–Crippen LogP) is 2.39. The van der Waals surface area contributed by atoms with E-state index >= 15 is 0 Å². The number of oxazole rings is 1. The number of hydrogen-bond acceptors (Lipinski definition) is 3. The molecule has 1 heterocycles. The molecule has 0 fully saturated rings. The van der Waals surface area contributed by atoms with Crippen LogP contribution >= 0.6 is 0 Å². The molecular weight excluding hydrogens is 185 g/mol. The Morgan fingerprint density at radius 2 is 2.07 bits per heavy atom. The van der Waals surface area contributed by atoms with E-state index in [-0.39, 0.29) is 5.82 Å². The quantitative estimate of drug-likeness (QED) is 0.750. The third kappa shape index (κ3) is 2.10. The summed E-state index contributed by atoms with van der Waals surface area (Å²) in [6, 6.07) is 5.81. The van der Waals surface area contributed by atoms with Gasteiger partial charge >= 0.3 is 0 Å². The molecule has 2 rings (SSSR count). The minimum Gasteiger partial charge on any atom is -0.486 e. The lowest BCUT2D eigenvalue weighted by Crippen LogP contribution is -1.93. The van der Waals surface area contributed by atoms with Crippen LogP contribution in [0.4, 0.5) is 4.39 Å². The van der Waals surface area contributed by atoms with Crippen LogP contribution in [0.25, 0.3) is 0 Å². The Hall–Kier alpha value is -1.84. The van der Waals surface area contributed by atoms with E-state index in [2.05, 4.69) is 4.98 Å². The standard InChI is InChI=1S/C10H8FNO2/c11-8-1-3-9(4-2-8)13-6-10-5-12-7-14-10/h1-5,7H,6H2. The molecule has 3 nitrogen and oxygen atoms in total. The summed E-state index contributed by atoms with van der Waals surface area (Å²) in [6.45, 7) is 0.297. The van der Waals surface area contributed by atoms with Crippen LogP contribution in [0.3, 0.4) is 0 Å². The van der Waals surface area contributed by atoms with Crippen molar-refractivity contribution in [2.24, 2.45) is 0 Å². The third-order valence-electron chi connectivity index (χ3n) is 1.68. The first-order valence-electron chi connectivity index (χ1n) is 4.10. The number of halogens is 1. The first kappa shape index (κ1) is 8.74. The molecule has 0 N–H and O–H groups in total. The first-order chi connectivity index (χ1) is 6.84. The first-order valence-corrected chi connectivity index (χ1v) is 4.10. The van der Waals surface area contributed by atoms with Gasteiger partial charge < -0.3 is 9.15 Å². The highest BCUT2D eigenvalue weighted by Crippen LogP contribution is 2.12. The number of rotatable bonds is 3. The Morgan fingerprint density at radius 3 is 2.71 bits per heavy atom. The second kappa shape index (κ2) is 3.91. The molecule has 0 aliphatic carbocycles. The molecule has 0 atom stereocenters. The molecule has 0 amide bonds. The Labute approximate surface area is 80.1 Å². The fourth-order valence-electron chi connectivity index (χ4n) is 0.999. The molecule has 0 spiro atoms. The summed E-state index contributed by atoms with van der Waals surface area (Å²) in [5.41, 5.74) is 0. The van der Waals surface area contributed by atoms with Crippen LogP contribution in [0.2, 0.25) is 0 Å². The summed E-state index contributed by atoms with van der Waals surface area (Å²) in [4.78, 5) is 3.74. The zero-order chi connectivity index (χ0) is 9.80. The van der Waals surface area contributed by atoms with Crippen molar-refractivity contribution in [3.05, 3.63) is 48.4 Å². The van der Waals surface area contributed by atoms with Crippen LogP contribution in [-0.4, -0.2) is 4.98 Å². The number of nitrogens with zero attached hydrogens (tertiary/aromatic N) is 1. The van der Waals surface area contributed by atoms with Crippen molar-refractivity contribution in [1.82, 2.24) is 4.98 Å². The lowest BCUT2D eigenvalue weighted by atomic mass is 10.3. The largest absolute Gasteiger partial charge is 0.486 e. The van der Waals surface area contributed by atoms with Gasteiger partial charge in [-0.1, -0.05) is 0 Å². The van der Waals surface area contributed by atoms with Crippen LogP contribution in [-0.2, 0) is 6.61 Å². The average molecular weight is 193 g/mol. The van der Waals surface area contributed by atoms with Crippen LogP contribution in [0.5, 0.6) is 5.75 Å². The maximum absolute atomic E-state index is 12.5. The molecule has 72 valence electrons. The van der Waals surface area contributed by atoms with Crippen LogP contribution in [0.15, 0.2) is 41.3 Å². The van der Waals surface area contributed by atoms with Crippen LogP contribution < -0.4 is 4.74 Å². The van der Waals surface area contributed by atoms with Gasteiger partial charge in [0.25, 0.3) is 0 Å². The Kier molecular flexibility index (Phi) is 2.44. The van der Waals surface area contributed by atoms with E-state index in [1.54, 1.807) is 18.3 Å². The summed E-state index contributed by atoms with van der Waals surface area (Å²) in [6.07, 6.45) is 2.91. The Morgan fingerprint density at radius 1 is 1.29 bits per heavy atom. The van der Waals surface area contributed by atoms with Gasteiger partial charge in [0.05, 0.1) is 6.20 Å². The molecular formula is C10H8FNO2. The van der Waals surface area contributed by atoms with E-state index < -0.39 is 0 Å². The smallest absolute Gasteiger partial charge is 0.181 e. The average Bonchev–Trinajstić information content (AvgIpc) is 2.70. The van der Waals surface area contributed by atoms with Gasteiger partial charge in [0, 0.05) is 0 Å². The van der Waals surface area contributed by atoms with Crippen molar-refractivity contribution in [2.45, 2.75) is 6.61 Å². The third-order valence-corrected chi connectivity index (χ3v) is 1.68. The van der Waals surface area contributed by atoms with Crippen molar-refractivity contribution >= 4 is 0 Å². The fraction of sp³-hybridized carbons (Fsp3) is 0.100. The van der Waals surface area contributed by atoms with Gasteiger partial charge in [-0.2, -0.15) is 0 Å². The normalized spacial score (nSPS) is 10.1. The van der Waals surface area contributed by atoms with Crippen molar-refractivity contribution < 1.29 is 13.5 Å². The van der Waals surface area contributed by atoms with Gasteiger partial charge in [0.1, 0.15) is 18.2 Å². The minimum atomic E-state index is -0.281. The molecule has 1 aromatic heterocycles. The van der Waals surface area contributed by atoms with E-state index in [9.17, 15) is 4.39 Å². The lowest BCUT2D eigenvalue weighted by molar-refractivity contribution is 0.270. The molecule has 0 radical (unpaired) electrons. The number of hydrogen-bond donors (Lipinski definition) is 0. The second-order valence-corrected chi connectivity index (χ2v) is 2.71. The SMILES string of the molecule is Fc1ccc(OCc2cnco2)cc1. The van der Waals surface area contributed by atoms with E-state index in [4.69, 9.17) is 9.15 Å². The molecule has 0 saturated heterocycles. The molecule has 0 aliphatic heterocycles. The maximum atomic E-state index is 12.5. The molecule has 0 saturated carbocycles. The molecule has 0 aliphatic rings. The van der Waals surface area contributed by atoms with E-state index in [0.717, 1.165) is 0 Å². The zero-order valence-corrected chi connectivity index (χ0v) is 7.31. The summed E-state index contributed by atoms with van der Waals surface area (Å²) in [5.74, 6) is 0.953. The molecule has 2 aromatic rings. The van der Waals surface area contributed by atoms with E-state index in [0.29, 0.717) is 18.1 Å². The minimum absolute atomic E-state index is 0.281. The summed E-state index contributed by atoms with van der Waals surface area (Å²) in [7, 11) is 0. The highest BCUT2D eigenvalue weighted by molar-refractivity contribution is 5.22. The van der Waals surface area contributed by atoms with Gasteiger partial charge in [0.15, 0.2) is 12.2 Å². The fourth-order valence-corrected chi connectivity index (χ4v) is 0.999. The Bertz CT molecular complexity index is 383. The molecule has 4 heteroatoms. The van der Waals surface area contributed by atoms with Crippen molar-refractivity contribution in [2.75, 3.05) is 0 Å². The Balaban J connectivity index is 1.95. The molecule has 0 bridgehead atoms. The highest BCUT2D eigenvalue weighted by Gasteiger charge is 1.98. The summed E-state index contributed by atoms with van der Waals surface area (Å²) < 4.78 is 22.8. The number of aromatic nitrogens is 1. The van der Waals surface area contributed by atoms with Crippen molar-refractivity contribution in [3.8, 4) is 5.75 Å². The predicted molar refractivity (Wildman–Crippen MR) is 47.2 cm³/mol. The van der Waals surface area contributed by atoms with Gasteiger partial charge in [0.2, 0.25) is 0 Å². The van der Waals surface area contributed by atoms with Crippen molar-refractivity contribution in [3.63, 3.8) is 0 Å². The monoisotopic (exact) mass is 193 g/mol. The second-order valence-electron chi connectivity index (χ2n) is 2.71. The van der Waals surface area contributed by atoms with Gasteiger partial charge in [-0.3, -0.25) is 0 Å². The maximum Gasteiger partial charge on any atom is 0.181 e. The number of ether oxygens (including phenoxy) is 1. The zero-order valence-electron chi connectivity index (χ0n) is 7.31. The van der Waals surface area contributed by atoms with Gasteiger partial charge in [-0.15, -0.1) is 0 Å². The summed E-state index contributed by atoms with van der Waals surface area (Å²) >= 11 is 0. The van der Waals surface area contributed by atoms with Gasteiger partial charge in [-0.05, 0) is 24.3 Å². The highest BCUT2D eigenvalue weighted by atomic mass is 19.1. The number of benzene rings is 1. The topological polar surface area (TPSA) is 35.3 Å². The van der Waals surface area contributed by atoms with Gasteiger partial charge in [-0.25, -0.2) is 9.37 Å². The molecule has 0 unspecified atom stereocenters. The molecule has 1 aromatic carbocycles.